The van der Waals surface area contributed by atoms with Gasteiger partial charge >= 0.3 is 0 Å². The van der Waals surface area contributed by atoms with Crippen molar-refractivity contribution < 1.29 is 8.42 Å². The van der Waals surface area contributed by atoms with Crippen molar-refractivity contribution in [3.05, 3.63) is 30.5 Å². The molecule has 5 nitrogen and oxygen atoms in total. The van der Waals surface area contributed by atoms with Crippen LogP contribution in [-0.2, 0) is 9.84 Å². The third-order valence-corrected chi connectivity index (χ3v) is 3.61. The molecule has 0 spiro atoms. The predicted octanol–water partition coefficient (Wildman–Crippen LogP) is 1.47. The van der Waals surface area contributed by atoms with E-state index in [1.54, 1.807) is 6.20 Å². The summed E-state index contributed by atoms with van der Waals surface area (Å²) in [5, 5.41) is 12.0. The van der Waals surface area contributed by atoms with Gasteiger partial charge in [-0.3, -0.25) is 0 Å². The number of nitrogens with zero attached hydrogens (tertiary/aromatic N) is 2. The zero-order valence-electron chi connectivity index (χ0n) is 10.3. The molecule has 1 aromatic heterocycles. The van der Waals surface area contributed by atoms with Gasteiger partial charge in [0, 0.05) is 17.7 Å². The molecule has 0 aliphatic rings. The molecule has 0 aliphatic heterocycles. The molecule has 0 saturated heterocycles. The van der Waals surface area contributed by atoms with Gasteiger partial charge in [-0.2, -0.15) is 10.2 Å². The first kappa shape index (κ1) is 12.8. The van der Waals surface area contributed by atoms with Crippen LogP contribution in [0.2, 0.25) is 0 Å². The van der Waals surface area contributed by atoms with Crippen molar-refractivity contribution >= 4 is 26.4 Å². The molecule has 6 heteroatoms. The Bertz CT molecular complexity index is 650. The summed E-state index contributed by atoms with van der Waals surface area (Å²) in [7, 11) is -3.00. The Labute approximate surface area is 106 Å². The first-order chi connectivity index (χ1) is 8.46. The van der Waals surface area contributed by atoms with Crippen LogP contribution in [-0.4, -0.2) is 36.7 Å². The van der Waals surface area contributed by atoms with Crippen molar-refractivity contribution in [2.75, 3.05) is 17.3 Å². The van der Waals surface area contributed by atoms with Crippen LogP contribution in [0.25, 0.3) is 10.9 Å². The third kappa shape index (κ3) is 3.16. The Morgan fingerprint density at radius 1 is 1.33 bits per heavy atom. The molecule has 1 N–H and O–H groups in total. The van der Waals surface area contributed by atoms with Crippen molar-refractivity contribution in [1.82, 2.24) is 10.2 Å². The van der Waals surface area contributed by atoms with Crippen molar-refractivity contribution in [3.63, 3.8) is 0 Å². The monoisotopic (exact) mass is 265 g/mol. The molecule has 1 atom stereocenters. The number of anilines is 1. The second kappa shape index (κ2) is 4.89. The summed E-state index contributed by atoms with van der Waals surface area (Å²) in [6.07, 6.45) is 2.84. The lowest BCUT2D eigenvalue weighted by Gasteiger charge is -2.15. The SMILES string of the molecule is CC(CS(C)(=O)=O)Nc1cnnc2ccccc12. The lowest BCUT2D eigenvalue weighted by Crippen LogP contribution is -2.25. The van der Waals surface area contributed by atoms with Crippen molar-refractivity contribution in [2.45, 2.75) is 13.0 Å². The molecule has 1 aromatic carbocycles. The molecule has 96 valence electrons. The van der Waals surface area contributed by atoms with Crippen LogP contribution in [0.4, 0.5) is 5.69 Å². The van der Waals surface area contributed by atoms with E-state index < -0.39 is 9.84 Å². The number of sulfone groups is 1. The van der Waals surface area contributed by atoms with Crippen LogP contribution in [0, 0.1) is 0 Å². The van der Waals surface area contributed by atoms with E-state index >= 15 is 0 Å². The highest BCUT2D eigenvalue weighted by Crippen LogP contribution is 2.20. The molecular formula is C12H15N3O2S. The van der Waals surface area contributed by atoms with Crippen molar-refractivity contribution in [1.29, 1.82) is 0 Å². The van der Waals surface area contributed by atoms with Gasteiger partial charge in [0.15, 0.2) is 0 Å². The quantitative estimate of drug-likeness (QED) is 0.906. The lowest BCUT2D eigenvalue weighted by molar-refractivity contribution is 0.598. The lowest BCUT2D eigenvalue weighted by atomic mass is 10.2. The molecule has 0 radical (unpaired) electrons. The van der Waals surface area contributed by atoms with Gasteiger partial charge in [0.05, 0.1) is 23.2 Å². The first-order valence-electron chi connectivity index (χ1n) is 5.60. The van der Waals surface area contributed by atoms with Gasteiger partial charge < -0.3 is 5.32 Å². The second-order valence-corrected chi connectivity index (χ2v) is 6.60. The minimum absolute atomic E-state index is 0.0870. The summed E-state index contributed by atoms with van der Waals surface area (Å²) >= 11 is 0. The Morgan fingerprint density at radius 3 is 2.78 bits per heavy atom. The van der Waals surface area contributed by atoms with Crippen LogP contribution in [0.3, 0.4) is 0 Å². The molecule has 1 heterocycles. The number of benzene rings is 1. The highest BCUT2D eigenvalue weighted by Gasteiger charge is 2.11. The second-order valence-electron chi connectivity index (χ2n) is 4.41. The number of hydrogen-bond acceptors (Lipinski definition) is 5. The van der Waals surface area contributed by atoms with Crippen LogP contribution in [0.1, 0.15) is 6.92 Å². The van der Waals surface area contributed by atoms with E-state index in [0.717, 1.165) is 16.6 Å². The summed E-state index contributed by atoms with van der Waals surface area (Å²) in [6, 6.07) is 7.43. The maximum Gasteiger partial charge on any atom is 0.149 e. The average molecular weight is 265 g/mol. The highest BCUT2D eigenvalue weighted by atomic mass is 32.2. The van der Waals surface area contributed by atoms with Crippen LogP contribution < -0.4 is 5.32 Å². The summed E-state index contributed by atoms with van der Waals surface area (Å²) in [5.41, 5.74) is 1.59. The fourth-order valence-corrected chi connectivity index (χ4v) is 2.87. The molecule has 18 heavy (non-hydrogen) atoms. The minimum Gasteiger partial charge on any atom is -0.380 e. The zero-order chi connectivity index (χ0) is 13.2. The Balaban J connectivity index is 2.27. The van der Waals surface area contributed by atoms with Crippen molar-refractivity contribution in [2.24, 2.45) is 0 Å². The van der Waals surface area contributed by atoms with Gasteiger partial charge in [-0.05, 0) is 13.0 Å². The molecule has 0 aliphatic carbocycles. The van der Waals surface area contributed by atoms with Gasteiger partial charge in [-0.25, -0.2) is 8.42 Å². The Kier molecular flexibility index (Phi) is 3.47. The fraction of sp³-hybridized carbons (Fsp3) is 0.333. The highest BCUT2D eigenvalue weighted by molar-refractivity contribution is 7.90. The zero-order valence-corrected chi connectivity index (χ0v) is 11.1. The van der Waals surface area contributed by atoms with Gasteiger partial charge in [0.2, 0.25) is 0 Å². The van der Waals surface area contributed by atoms with Crippen LogP contribution in [0.15, 0.2) is 30.5 Å². The van der Waals surface area contributed by atoms with E-state index in [1.807, 2.05) is 31.2 Å². The van der Waals surface area contributed by atoms with E-state index in [2.05, 4.69) is 15.5 Å². The largest absolute Gasteiger partial charge is 0.380 e. The molecule has 0 saturated carbocycles. The Hall–Kier alpha value is -1.69. The van der Waals surface area contributed by atoms with E-state index in [9.17, 15) is 8.42 Å². The summed E-state index contributed by atoms with van der Waals surface area (Å²) in [5.74, 6) is 0.0870. The van der Waals surface area contributed by atoms with Gasteiger partial charge in [0.1, 0.15) is 9.84 Å². The molecule has 2 rings (SSSR count). The van der Waals surface area contributed by atoms with Gasteiger partial charge in [-0.1, -0.05) is 18.2 Å². The predicted molar refractivity (Wildman–Crippen MR) is 72.3 cm³/mol. The van der Waals surface area contributed by atoms with Crippen LogP contribution in [0.5, 0.6) is 0 Å². The maximum absolute atomic E-state index is 11.2. The molecular weight excluding hydrogens is 250 g/mol. The van der Waals surface area contributed by atoms with Gasteiger partial charge in [-0.15, -0.1) is 0 Å². The average Bonchev–Trinajstić information content (AvgIpc) is 2.27. The molecule has 1 unspecified atom stereocenters. The summed E-state index contributed by atoms with van der Waals surface area (Å²) in [4.78, 5) is 0. The normalized spacial score (nSPS) is 13.4. The number of nitrogens with one attached hydrogen (secondary N) is 1. The van der Waals surface area contributed by atoms with E-state index in [0.29, 0.717) is 0 Å². The number of aromatic nitrogens is 2. The minimum atomic E-state index is -3.00. The number of hydrogen-bond donors (Lipinski definition) is 1. The Morgan fingerprint density at radius 2 is 2.06 bits per heavy atom. The molecule has 0 amide bonds. The standard InChI is InChI=1S/C12H15N3O2S/c1-9(8-18(2,16)17)14-12-7-13-15-11-6-4-3-5-10(11)12/h3-7,9H,8H2,1-2H3,(H,14,15). The number of rotatable bonds is 4. The van der Waals surface area contributed by atoms with Gasteiger partial charge in [0.25, 0.3) is 0 Å². The molecule has 0 bridgehead atoms. The topological polar surface area (TPSA) is 72.0 Å². The summed E-state index contributed by atoms with van der Waals surface area (Å²) in [6.45, 7) is 1.83. The summed E-state index contributed by atoms with van der Waals surface area (Å²) < 4.78 is 22.5. The molecule has 0 fully saturated rings. The molecule has 2 aromatic rings. The van der Waals surface area contributed by atoms with E-state index in [1.165, 1.54) is 6.26 Å². The fourth-order valence-electron chi connectivity index (χ4n) is 1.88. The maximum atomic E-state index is 11.2. The first-order valence-corrected chi connectivity index (χ1v) is 7.66. The van der Waals surface area contributed by atoms with Crippen molar-refractivity contribution in [3.8, 4) is 0 Å². The number of fused-ring (bicyclic) bond motifs is 1. The van der Waals surface area contributed by atoms with E-state index in [4.69, 9.17) is 0 Å². The van der Waals surface area contributed by atoms with E-state index in [-0.39, 0.29) is 11.8 Å². The van der Waals surface area contributed by atoms with Crippen LogP contribution >= 0.6 is 0 Å². The third-order valence-electron chi connectivity index (χ3n) is 2.50. The smallest absolute Gasteiger partial charge is 0.149 e.